The van der Waals surface area contributed by atoms with Crippen LogP contribution in [0.4, 0.5) is 0 Å². The van der Waals surface area contributed by atoms with Gasteiger partial charge < -0.3 is 28.4 Å². The SMILES string of the molecule is CCCCCCOC(=O)c1c(C)c(C)cc(C)c1OC1OC1C1OC1Oc1c(C)cc(C)c(C)c1C(=O)OCCC(C)(CC)CCC. The molecule has 4 rings (SSSR count). The van der Waals surface area contributed by atoms with Gasteiger partial charge in [-0.3, -0.25) is 0 Å². The Morgan fingerprint density at radius 3 is 1.60 bits per heavy atom. The fraction of sp³-hybridized carbons (Fsp3) is 0.641. The number of rotatable bonds is 18. The van der Waals surface area contributed by atoms with E-state index in [1.807, 2.05) is 53.7 Å². The van der Waals surface area contributed by atoms with Crippen LogP contribution in [0.3, 0.4) is 0 Å². The Labute approximate surface area is 281 Å². The van der Waals surface area contributed by atoms with Gasteiger partial charge in [0.1, 0.15) is 22.6 Å². The van der Waals surface area contributed by atoms with Crippen molar-refractivity contribution in [3.63, 3.8) is 0 Å². The molecule has 47 heavy (non-hydrogen) atoms. The Morgan fingerprint density at radius 1 is 0.660 bits per heavy atom. The van der Waals surface area contributed by atoms with Crippen LogP contribution in [0.5, 0.6) is 11.5 Å². The maximum Gasteiger partial charge on any atom is 0.342 e. The molecule has 2 aliphatic heterocycles. The molecule has 0 bridgehead atoms. The molecule has 8 heteroatoms. The molecule has 0 amide bonds. The molecule has 2 aromatic rings. The first kappa shape index (κ1) is 36.7. The summed E-state index contributed by atoms with van der Waals surface area (Å²) in [5.41, 5.74) is 6.38. The Hall–Kier alpha value is -3.10. The second-order valence-corrected chi connectivity index (χ2v) is 13.8. The van der Waals surface area contributed by atoms with E-state index in [1.54, 1.807) is 0 Å². The number of esters is 2. The van der Waals surface area contributed by atoms with Gasteiger partial charge in [0.15, 0.2) is 12.2 Å². The third kappa shape index (κ3) is 8.88. The van der Waals surface area contributed by atoms with Gasteiger partial charge in [-0.2, -0.15) is 0 Å². The van der Waals surface area contributed by atoms with Crippen LogP contribution >= 0.6 is 0 Å². The van der Waals surface area contributed by atoms with Gasteiger partial charge in [-0.15, -0.1) is 0 Å². The summed E-state index contributed by atoms with van der Waals surface area (Å²) in [5, 5.41) is 0. The molecule has 260 valence electrons. The molecule has 5 atom stereocenters. The predicted octanol–water partition coefficient (Wildman–Crippen LogP) is 8.95. The fourth-order valence-corrected chi connectivity index (χ4v) is 6.34. The van der Waals surface area contributed by atoms with E-state index in [9.17, 15) is 9.59 Å². The Bertz CT molecular complexity index is 1430. The van der Waals surface area contributed by atoms with E-state index in [0.29, 0.717) is 35.8 Å². The van der Waals surface area contributed by atoms with Crippen molar-refractivity contribution in [3.05, 3.63) is 56.6 Å². The van der Waals surface area contributed by atoms with E-state index in [1.165, 1.54) is 0 Å². The van der Waals surface area contributed by atoms with Crippen molar-refractivity contribution < 1.29 is 38.0 Å². The highest BCUT2D eigenvalue weighted by Gasteiger charge is 2.61. The van der Waals surface area contributed by atoms with E-state index in [0.717, 1.165) is 84.7 Å². The van der Waals surface area contributed by atoms with Gasteiger partial charge in [-0.05, 0) is 99.6 Å². The number of carbonyl (C=O) groups is 2. The quantitative estimate of drug-likeness (QED) is 0.0895. The Balaban J connectivity index is 1.41. The average Bonchev–Trinajstić information content (AvgIpc) is 3.95. The van der Waals surface area contributed by atoms with Crippen LogP contribution in [-0.4, -0.2) is 49.9 Å². The van der Waals surface area contributed by atoms with Gasteiger partial charge in [0.25, 0.3) is 0 Å². The molecular formula is C39H56O8. The second kappa shape index (κ2) is 15.9. The van der Waals surface area contributed by atoms with Crippen molar-refractivity contribution in [3.8, 4) is 11.5 Å². The van der Waals surface area contributed by atoms with Gasteiger partial charge in [0.05, 0.1) is 13.2 Å². The molecule has 0 N–H and O–H groups in total. The summed E-state index contributed by atoms with van der Waals surface area (Å²) >= 11 is 0. The average molecular weight is 653 g/mol. The fourth-order valence-electron chi connectivity index (χ4n) is 6.34. The van der Waals surface area contributed by atoms with E-state index in [2.05, 4.69) is 27.7 Å². The van der Waals surface area contributed by atoms with E-state index in [-0.39, 0.29) is 29.6 Å². The Kier molecular flexibility index (Phi) is 12.4. The molecule has 2 aromatic carbocycles. The number of carbonyl (C=O) groups excluding carboxylic acids is 2. The molecule has 0 aromatic heterocycles. The molecule has 8 nitrogen and oxygen atoms in total. The lowest BCUT2D eigenvalue weighted by Crippen LogP contribution is -2.21. The number of ether oxygens (including phenoxy) is 6. The highest BCUT2D eigenvalue weighted by Crippen LogP contribution is 2.44. The second-order valence-electron chi connectivity index (χ2n) is 13.8. The zero-order valence-electron chi connectivity index (χ0n) is 30.3. The topological polar surface area (TPSA) is 96.1 Å². The maximum atomic E-state index is 13.5. The van der Waals surface area contributed by atoms with Crippen LogP contribution in [0.2, 0.25) is 0 Å². The zero-order chi connectivity index (χ0) is 34.5. The number of hydrogen-bond donors (Lipinski definition) is 0. The Morgan fingerprint density at radius 2 is 1.15 bits per heavy atom. The van der Waals surface area contributed by atoms with Crippen molar-refractivity contribution in [2.45, 2.75) is 145 Å². The van der Waals surface area contributed by atoms with Gasteiger partial charge in [-0.25, -0.2) is 9.59 Å². The normalized spacial score (nSPS) is 21.1. The summed E-state index contributed by atoms with van der Waals surface area (Å²) in [4.78, 5) is 26.7. The molecular weight excluding hydrogens is 596 g/mol. The summed E-state index contributed by atoms with van der Waals surface area (Å²) < 4.78 is 35.9. The number of epoxide rings is 2. The lowest BCUT2D eigenvalue weighted by atomic mass is 9.80. The smallest absolute Gasteiger partial charge is 0.342 e. The first-order valence-electron chi connectivity index (χ1n) is 17.6. The van der Waals surface area contributed by atoms with Crippen LogP contribution in [0.25, 0.3) is 0 Å². The van der Waals surface area contributed by atoms with Crippen molar-refractivity contribution in [1.29, 1.82) is 0 Å². The minimum Gasteiger partial charge on any atom is -0.462 e. The summed E-state index contributed by atoms with van der Waals surface area (Å²) in [6.45, 7) is 21.2. The number of benzene rings is 2. The van der Waals surface area contributed by atoms with Crippen molar-refractivity contribution in [1.82, 2.24) is 0 Å². The lowest BCUT2D eigenvalue weighted by molar-refractivity contribution is 0.0431. The molecule has 0 radical (unpaired) electrons. The summed E-state index contributed by atoms with van der Waals surface area (Å²) in [7, 11) is 0. The predicted molar refractivity (Wildman–Crippen MR) is 183 cm³/mol. The molecule has 2 aliphatic rings. The molecule has 2 saturated heterocycles. The molecule has 0 aliphatic carbocycles. The van der Waals surface area contributed by atoms with Crippen molar-refractivity contribution in [2.24, 2.45) is 5.41 Å². The third-order valence-corrected chi connectivity index (χ3v) is 10.0. The molecule has 0 saturated carbocycles. The highest BCUT2D eigenvalue weighted by atomic mass is 16.8. The van der Waals surface area contributed by atoms with Crippen LogP contribution in [-0.2, 0) is 18.9 Å². The number of hydrogen-bond acceptors (Lipinski definition) is 8. The summed E-state index contributed by atoms with van der Waals surface area (Å²) in [5.74, 6) is 0.196. The lowest BCUT2D eigenvalue weighted by Gasteiger charge is -2.27. The number of aryl methyl sites for hydroxylation is 4. The van der Waals surface area contributed by atoms with Crippen LogP contribution in [0, 0.1) is 47.0 Å². The maximum absolute atomic E-state index is 13.5. The number of unbranched alkanes of at least 4 members (excludes halogenated alkanes) is 3. The minimum atomic E-state index is -0.595. The van der Waals surface area contributed by atoms with Gasteiger partial charge in [0.2, 0.25) is 12.6 Å². The monoisotopic (exact) mass is 652 g/mol. The molecule has 0 spiro atoms. The summed E-state index contributed by atoms with van der Waals surface area (Å²) in [6, 6.07) is 4.02. The van der Waals surface area contributed by atoms with Crippen molar-refractivity contribution >= 4 is 11.9 Å². The largest absolute Gasteiger partial charge is 0.462 e. The standard InChI is InChI=1S/C39H56O8/c1-11-14-15-16-19-42-35(40)29-27(8)23(4)21-25(6)31(29)44-37-33(46-37)34-38(47-34)45-32-26(7)22-24(5)28(9)30(32)36(41)43-20-18-39(10,13-3)17-12-2/h21-22,33-34,37-38H,11-20H2,1-10H3. The molecule has 2 heterocycles. The van der Waals surface area contributed by atoms with Crippen LogP contribution in [0.1, 0.15) is 133 Å². The first-order valence-corrected chi connectivity index (χ1v) is 17.6. The van der Waals surface area contributed by atoms with E-state index < -0.39 is 12.6 Å². The van der Waals surface area contributed by atoms with Gasteiger partial charge >= 0.3 is 11.9 Å². The molecule has 2 fully saturated rings. The van der Waals surface area contributed by atoms with E-state index in [4.69, 9.17) is 28.4 Å². The molecule has 5 unspecified atom stereocenters. The van der Waals surface area contributed by atoms with Crippen LogP contribution in [0.15, 0.2) is 12.1 Å². The van der Waals surface area contributed by atoms with E-state index >= 15 is 0 Å². The van der Waals surface area contributed by atoms with Gasteiger partial charge in [-0.1, -0.05) is 71.9 Å². The summed E-state index contributed by atoms with van der Waals surface area (Å²) in [6.07, 6.45) is 6.24. The minimum absolute atomic E-state index is 0.148. The van der Waals surface area contributed by atoms with Gasteiger partial charge in [0, 0.05) is 0 Å². The first-order chi connectivity index (χ1) is 22.3. The third-order valence-electron chi connectivity index (χ3n) is 10.0. The van der Waals surface area contributed by atoms with Crippen molar-refractivity contribution in [2.75, 3.05) is 13.2 Å². The highest BCUT2D eigenvalue weighted by molar-refractivity contribution is 5.96. The zero-order valence-corrected chi connectivity index (χ0v) is 30.3. The van der Waals surface area contributed by atoms with Crippen LogP contribution < -0.4 is 9.47 Å².